The molecule has 0 aromatic rings. The van der Waals surface area contributed by atoms with E-state index in [9.17, 15) is 18.0 Å². The highest BCUT2D eigenvalue weighted by Gasteiger charge is 2.43. The molecular formula is C11H19ClF3N2O-. The fourth-order valence-corrected chi connectivity index (χ4v) is 2.69. The van der Waals surface area contributed by atoms with Crippen molar-refractivity contribution >= 4 is 5.91 Å². The molecule has 1 heterocycles. The van der Waals surface area contributed by atoms with Gasteiger partial charge in [0.05, 0.1) is 0 Å². The molecule has 3 nitrogen and oxygen atoms in total. The SMILES string of the molecule is CC1(C)CC(NC(=O)C(F)(F)F)CC(C)(C)N1.[Cl-]. The Morgan fingerprint density at radius 1 is 1.17 bits per heavy atom. The summed E-state index contributed by atoms with van der Waals surface area (Å²) in [5, 5.41) is 5.41. The van der Waals surface area contributed by atoms with E-state index in [0.29, 0.717) is 12.8 Å². The quantitative estimate of drug-likeness (QED) is 0.648. The predicted octanol–water partition coefficient (Wildman–Crippen LogP) is -1.02. The first-order chi connectivity index (χ1) is 7.41. The zero-order valence-electron chi connectivity index (χ0n) is 10.9. The minimum Gasteiger partial charge on any atom is -1.00 e. The number of nitrogens with one attached hydrogen (secondary N) is 2. The zero-order valence-corrected chi connectivity index (χ0v) is 11.7. The van der Waals surface area contributed by atoms with Crippen LogP contribution in [0, 0.1) is 0 Å². The molecule has 18 heavy (non-hydrogen) atoms. The van der Waals surface area contributed by atoms with Crippen LogP contribution in [0.3, 0.4) is 0 Å². The molecule has 0 aliphatic carbocycles. The van der Waals surface area contributed by atoms with Gasteiger partial charge in [-0.05, 0) is 40.5 Å². The van der Waals surface area contributed by atoms with Crippen LogP contribution in [0.1, 0.15) is 40.5 Å². The Kier molecular flexibility index (Phi) is 5.11. The predicted molar refractivity (Wildman–Crippen MR) is 58.5 cm³/mol. The van der Waals surface area contributed by atoms with Crippen molar-refractivity contribution in [2.24, 2.45) is 0 Å². The van der Waals surface area contributed by atoms with Gasteiger partial charge in [-0.15, -0.1) is 0 Å². The minimum absolute atomic E-state index is 0. The summed E-state index contributed by atoms with van der Waals surface area (Å²) < 4.78 is 36.5. The van der Waals surface area contributed by atoms with Gasteiger partial charge in [-0.3, -0.25) is 4.79 Å². The highest BCUT2D eigenvalue weighted by Crippen LogP contribution is 2.29. The van der Waals surface area contributed by atoms with E-state index in [1.807, 2.05) is 27.7 Å². The first-order valence-corrected chi connectivity index (χ1v) is 5.58. The van der Waals surface area contributed by atoms with Crippen LogP contribution >= 0.6 is 0 Å². The summed E-state index contributed by atoms with van der Waals surface area (Å²) in [5.74, 6) is -1.85. The van der Waals surface area contributed by atoms with Gasteiger partial charge in [0.25, 0.3) is 0 Å². The summed E-state index contributed by atoms with van der Waals surface area (Å²) in [4.78, 5) is 10.9. The highest BCUT2D eigenvalue weighted by molar-refractivity contribution is 5.81. The Morgan fingerprint density at radius 3 is 1.89 bits per heavy atom. The summed E-state index contributed by atoms with van der Waals surface area (Å²) in [6.07, 6.45) is -3.84. The van der Waals surface area contributed by atoms with Gasteiger partial charge in [-0.2, -0.15) is 13.2 Å². The summed E-state index contributed by atoms with van der Waals surface area (Å²) in [7, 11) is 0. The smallest absolute Gasteiger partial charge is 0.471 e. The topological polar surface area (TPSA) is 41.1 Å². The van der Waals surface area contributed by atoms with Crippen LogP contribution in [-0.2, 0) is 4.79 Å². The molecule has 0 saturated carbocycles. The van der Waals surface area contributed by atoms with Crippen molar-refractivity contribution < 1.29 is 30.4 Å². The van der Waals surface area contributed by atoms with Crippen LogP contribution in [0.25, 0.3) is 0 Å². The van der Waals surface area contributed by atoms with Gasteiger partial charge < -0.3 is 23.0 Å². The lowest BCUT2D eigenvalue weighted by Gasteiger charge is -2.46. The first kappa shape index (κ1) is 17.5. The second-order valence-electron chi connectivity index (χ2n) is 5.97. The summed E-state index contributed by atoms with van der Waals surface area (Å²) in [6, 6.07) is -0.449. The molecule has 1 amide bonds. The molecule has 1 aliphatic heterocycles. The molecule has 0 atom stereocenters. The largest absolute Gasteiger partial charge is 1.00 e. The number of amides is 1. The first-order valence-electron chi connectivity index (χ1n) is 5.58. The molecule has 0 unspecified atom stereocenters. The van der Waals surface area contributed by atoms with E-state index < -0.39 is 18.1 Å². The third-order valence-electron chi connectivity index (χ3n) is 2.78. The van der Waals surface area contributed by atoms with Crippen LogP contribution in [0.4, 0.5) is 13.2 Å². The molecule has 108 valence electrons. The number of hydrogen-bond donors (Lipinski definition) is 2. The number of carbonyl (C=O) groups is 1. The van der Waals surface area contributed by atoms with E-state index >= 15 is 0 Å². The van der Waals surface area contributed by atoms with Gasteiger partial charge >= 0.3 is 12.1 Å². The minimum atomic E-state index is -4.81. The summed E-state index contributed by atoms with van der Waals surface area (Å²) in [5.41, 5.74) is -0.573. The molecule has 0 radical (unpaired) electrons. The van der Waals surface area contributed by atoms with Gasteiger partial charge in [0.15, 0.2) is 0 Å². The van der Waals surface area contributed by atoms with Crippen LogP contribution in [-0.4, -0.2) is 29.2 Å². The van der Waals surface area contributed by atoms with E-state index in [1.165, 1.54) is 0 Å². The number of carbonyl (C=O) groups excluding carboxylic acids is 1. The molecular weight excluding hydrogens is 269 g/mol. The van der Waals surface area contributed by atoms with Crippen molar-refractivity contribution in [2.45, 2.75) is 63.8 Å². The Hall–Kier alpha value is -0.490. The number of halogens is 4. The van der Waals surface area contributed by atoms with E-state index in [0.717, 1.165) is 0 Å². The number of alkyl halides is 3. The lowest BCUT2D eigenvalue weighted by molar-refractivity contribution is -0.174. The average molecular weight is 288 g/mol. The number of rotatable bonds is 1. The van der Waals surface area contributed by atoms with E-state index in [2.05, 4.69) is 10.6 Å². The summed E-state index contributed by atoms with van der Waals surface area (Å²) >= 11 is 0. The normalized spacial score (nSPS) is 23.1. The van der Waals surface area contributed by atoms with Gasteiger partial charge in [-0.25, -0.2) is 0 Å². The third kappa shape index (κ3) is 5.02. The summed E-state index contributed by atoms with van der Waals surface area (Å²) in [6.45, 7) is 7.67. The molecule has 0 bridgehead atoms. The average Bonchev–Trinajstić information content (AvgIpc) is 1.94. The molecule has 1 fully saturated rings. The van der Waals surface area contributed by atoms with Crippen LogP contribution in [0.15, 0.2) is 0 Å². The highest BCUT2D eigenvalue weighted by atomic mass is 35.5. The monoisotopic (exact) mass is 287 g/mol. The molecule has 0 spiro atoms. The lowest BCUT2D eigenvalue weighted by Crippen LogP contribution is -3.00. The molecule has 1 saturated heterocycles. The fraction of sp³-hybridized carbons (Fsp3) is 0.909. The maximum Gasteiger partial charge on any atom is 0.471 e. The molecule has 7 heteroatoms. The molecule has 0 aromatic heterocycles. The zero-order chi connectivity index (χ0) is 13.5. The molecule has 1 aliphatic rings. The van der Waals surface area contributed by atoms with Crippen LogP contribution in [0.5, 0.6) is 0 Å². The van der Waals surface area contributed by atoms with Crippen LogP contribution in [0.2, 0.25) is 0 Å². The molecule has 1 rings (SSSR count). The Balaban J connectivity index is 0.00000289. The van der Waals surface area contributed by atoms with Crippen molar-refractivity contribution in [1.29, 1.82) is 0 Å². The van der Waals surface area contributed by atoms with E-state index in [4.69, 9.17) is 0 Å². The lowest BCUT2D eigenvalue weighted by atomic mass is 9.79. The second kappa shape index (κ2) is 5.25. The van der Waals surface area contributed by atoms with Gasteiger partial charge in [0.2, 0.25) is 0 Å². The second-order valence-corrected chi connectivity index (χ2v) is 5.97. The van der Waals surface area contributed by atoms with Crippen molar-refractivity contribution in [2.75, 3.05) is 0 Å². The standard InChI is InChI=1S/C11H19F3N2O.ClH/c1-9(2)5-7(6-10(3,4)16-9)15-8(17)11(12,13)14;/h7,16H,5-6H2,1-4H3,(H,15,17);1H/p-1. The van der Waals surface area contributed by atoms with Crippen molar-refractivity contribution in [1.82, 2.24) is 10.6 Å². The Bertz CT molecular complexity index is 300. The third-order valence-corrected chi connectivity index (χ3v) is 2.78. The Morgan fingerprint density at radius 2 is 1.56 bits per heavy atom. The van der Waals surface area contributed by atoms with Gasteiger partial charge in [0.1, 0.15) is 0 Å². The van der Waals surface area contributed by atoms with Crippen molar-refractivity contribution in [3.05, 3.63) is 0 Å². The van der Waals surface area contributed by atoms with Crippen molar-refractivity contribution in [3.8, 4) is 0 Å². The van der Waals surface area contributed by atoms with Crippen LogP contribution < -0.4 is 23.0 Å². The Labute approximate surface area is 111 Å². The number of piperidine rings is 1. The maximum atomic E-state index is 12.2. The molecule has 0 aromatic carbocycles. The van der Waals surface area contributed by atoms with Crippen molar-refractivity contribution in [3.63, 3.8) is 0 Å². The van der Waals surface area contributed by atoms with E-state index in [-0.39, 0.29) is 23.5 Å². The molecule has 2 N–H and O–H groups in total. The fourth-order valence-electron chi connectivity index (χ4n) is 2.69. The maximum absolute atomic E-state index is 12.2. The van der Waals surface area contributed by atoms with E-state index in [1.54, 1.807) is 0 Å². The van der Waals surface area contributed by atoms with Gasteiger partial charge in [0, 0.05) is 17.1 Å². The van der Waals surface area contributed by atoms with Gasteiger partial charge in [-0.1, -0.05) is 0 Å². The number of hydrogen-bond acceptors (Lipinski definition) is 2.